The summed E-state index contributed by atoms with van der Waals surface area (Å²) >= 11 is 1.70. The number of thioether (sulfide) groups is 1. The third-order valence-electron chi connectivity index (χ3n) is 2.15. The number of hydrogen-bond acceptors (Lipinski definition) is 4. The summed E-state index contributed by atoms with van der Waals surface area (Å²) < 4.78 is 0. The molecule has 0 aliphatic rings. The van der Waals surface area contributed by atoms with Gasteiger partial charge in [0.25, 0.3) is 5.91 Å². The van der Waals surface area contributed by atoms with Crippen molar-refractivity contribution in [1.82, 2.24) is 10.3 Å². The Bertz CT molecular complexity index is 381. The molecule has 1 unspecified atom stereocenters. The minimum absolute atomic E-state index is 0.112. The van der Waals surface area contributed by atoms with Crippen LogP contribution in [0.2, 0.25) is 0 Å². The molecule has 1 rings (SSSR count). The zero-order valence-corrected chi connectivity index (χ0v) is 10.6. The molecule has 0 saturated carbocycles. The van der Waals surface area contributed by atoms with Crippen molar-refractivity contribution in [2.24, 2.45) is 0 Å². The van der Waals surface area contributed by atoms with Gasteiger partial charge in [0.05, 0.1) is 23.1 Å². The number of hydrogen-bond donors (Lipinski definition) is 2. The summed E-state index contributed by atoms with van der Waals surface area (Å²) in [5.74, 6) is 0.777. The van der Waals surface area contributed by atoms with E-state index in [0.717, 1.165) is 5.75 Å². The van der Waals surface area contributed by atoms with Gasteiger partial charge in [-0.15, -0.1) is 0 Å². The normalized spacial score (nSPS) is 12.2. The van der Waals surface area contributed by atoms with Gasteiger partial charge in [-0.2, -0.15) is 11.8 Å². The van der Waals surface area contributed by atoms with Crippen LogP contribution in [0, 0.1) is 6.92 Å². The van der Waals surface area contributed by atoms with E-state index >= 15 is 0 Å². The van der Waals surface area contributed by atoms with Crippen LogP contribution in [0.1, 0.15) is 23.0 Å². The number of nitrogen functional groups attached to an aromatic ring is 1. The Labute approximate surface area is 100 Å². The average molecular weight is 239 g/mol. The fourth-order valence-electron chi connectivity index (χ4n) is 1.37. The maximum absolute atomic E-state index is 11.9. The molecule has 0 aliphatic heterocycles. The van der Waals surface area contributed by atoms with Crippen molar-refractivity contribution in [3.8, 4) is 0 Å². The Hall–Kier alpha value is -1.23. The molecular formula is C11H17N3OS. The number of amides is 1. The number of carbonyl (C=O) groups is 1. The van der Waals surface area contributed by atoms with E-state index in [1.54, 1.807) is 30.9 Å². The highest BCUT2D eigenvalue weighted by molar-refractivity contribution is 7.98. The van der Waals surface area contributed by atoms with Gasteiger partial charge in [0, 0.05) is 11.8 Å². The minimum Gasteiger partial charge on any atom is -0.397 e. The summed E-state index contributed by atoms with van der Waals surface area (Å²) in [5, 5.41) is 2.91. The van der Waals surface area contributed by atoms with Gasteiger partial charge in [-0.3, -0.25) is 9.78 Å². The van der Waals surface area contributed by atoms with E-state index in [2.05, 4.69) is 10.3 Å². The van der Waals surface area contributed by atoms with Crippen molar-refractivity contribution in [3.05, 3.63) is 23.5 Å². The van der Waals surface area contributed by atoms with Crippen molar-refractivity contribution in [2.75, 3.05) is 17.7 Å². The third-order valence-corrected chi connectivity index (χ3v) is 2.98. The van der Waals surface area contributed by atoms with Crippen LogP contribution in [-0.4, -0.2) is 28.9 Å². The molecule has 0 fully saturated rings. The van der Waals surface area contributed by atoms with Crippen LogP contribution >= 0.6 is 11.8 Å². The van der Waals surface area contributed by atoms with Crippen LogP contribution in [0.25, 0.3) is 0 Å². The summed E-state index contributed by atoms with van der Waals surface area (Å²) in [7, 11) is 0. The van der Waals surface area contributed by atoms with Crippen LogP contribution < -0.4 is 11.1 Å². The molecule has 0 aromatic carbocycles. The van der Waals surface area contributed by atoms with Crippen LogP contribution in [0.4, 0.5) is 5.69 Å². The molecule has 0 radical (unpaired) electrons. The Balaban J connectivity index is 2.76. The SMILES string of the molecule is CSCC(C)NC(=O)c1cc(N)cnc1C. The summed E-state index contributed by atoms with van der Waals surface area (Å²) in [6, 6.07) is 1.80. The Morgan fingerprint density at radius 1 is 1.69 bits per heavy atom. The van der Waals surface area contributed by atoms with Gasteiger partial charge in [-0.25, -0.2) is 0 Å². The summed E-state index contributed by atoms with van der Waals surface area (Å²) in [5.41, 5.74) is 7.36. The first-order valence-electron chi connectivity index (χ1n) is 5.06. The number of pyridine rings is 1. The molecule has 3 N–H and O–H groups in total. The van der Waals surface area contributed by atoms with E-state index in [-0.39, 0.29) is 11.9 Å². The van der Waals surface area contributed by atoms with Gasteiger partial charge in [0.1, 0.15) is 0 Å². The average Bonchev–Trinajstić information content (AvgIpc) is 2.21. The summed E-state index contributed by atoms with van der Waals surface area (Å²) in [6.45, 7) is 3.77. The van der Waals surface area contributed by atoms with Gasteiger partial charge in [-0.1, -0.05) is 0 Å². The van der Waals surface area contributed by atoms with Crippen LogP contribution in [0.15, 0.2) is 12.3 Å². The number of anilines is 1. The Morgan fingerprint density at radius 3 is 3.00 bits per heavy atom. The van der Waals surface area contributed by atoms with Crippen LogP contribution in [0.3, 0.4) is 0 Å². The quantitative estimate of drug-likeness (QED) is 0.834. The van der Waals surface area contributed by atoms with Crippen LogP contribution in [-0.2, 0) is 0 Å². The fourth-order valence-corrected chi connectivity index (χ4v) is 1.96. The number of aromatic nitrogens is 1. The molecule has 0 saturated heterocycles. The molecule has 16 heavy (non-hydrogen) atoms. The lowest BCUT2D eigenvalue weighted by atomic mass is 10.1. The van der Waals surface area contributed by atoms with E-state index < -0.39 is 0 Å². The molecule has 1 heterocycles. The van der Waals surface area contributed by atoms with Gasteiger partial charge < -0.3 is 11.1 Å². The molecule has 1 aromatic rings. The lowest BCUT2D eigenvalue weighted by Crippen LogP contribution is -2.34. The molecule has 1 atom stereocenters. The maximum Gasteiger partial charge on any atom is 0.253 e. The van der Waals surface area contributed by atoms with Crippen molar-refractivity contribution in [1.29, 1.82) is 0 Å². The number of carbonyl (C=O) groups excluding carboxylic acids is 1. The number of nitrogens with zero attached hydrogens (tertiary/aromatic N) is 1. The van der Waals surface area contributed by atoms with Gasteiger partial charge in [-0.05, 0) is 26.2 Å². The molecule has 1 amide bonds. The molecule has 88 valence electrons. The highest BCUT2D eigenvalue weighted by Crippen LogP contribution is 2.09. The first-order chi connectivity index (χ1) is 7.54. The lowest BCUT2D eigenvalue weighted by Gasteiger charge is -2.13. The predicted molar refractivity (Wildman–Crippen MR) is 68.7 cm³/mol. The molecule has 1 aromatic heterocycles. The number of aryl methyl sites for hydroxylation is 1. The van der Waals surface area contributed by atoms with Crippen molar-refractivity contribution >= 4 is 23.4 Å². The van der Waals surface area contributed by atoms with Gasteiger partial charge >= 0.3 is 0 Å². The minimum atomic E-state index is -0.112. The van der Waals surface area contributed by atoms with E-state index in [0.29, 0.717) is 16.9 Å². The number of rotatable bonds is 4. The zero-order valence-electron chi connectivity index (χ0n) is 9.78. The Morgan fingerprint density at radius 2 is 2.38 bits per heavy atom. The zero-order chi connectivity index (χ0) is 12.1. The Kier molecular flexibility index (Phi) is 4.61. The molecule has 4 nitrogen and oxygen atoms in total. The second-order valence-corrected chi connectivity index (χ2v) is 4.64. The highest BCUT2D eigenvalue weighted by atomic mass is 32.2. The second kappa shape index (κ2) is 5.75. The molecular weight excluding hydrogens is 222 g/mol. The predicted octanol–water partition coefficient (Wildman–Crippen LogP) is 1.45. The maximum atomic E-state index is 11.9. The third kappa shape index (κ3) is 3.41. The van der Waals surface area contributed by atoms with Crippen molar-refractivity contribution in [2.45, 2.75) is 19.9 Å². The molecule has 0 spiro atoms. The lowest BCUT2D eigenvalue weighted by molar-refractivity contribution is 0.0943. The van der Waals surface area contributed by atoms with Gasteiger partial charge in [0.15, 0.2) is 0 Å². The van der Waals surface area contributed by atoms with Crippen molar-refractivity contribution < 1.29 is 4.79 Å². The van der Waals surface area contributed by atoms with E-state index in [1.165, 1.54) is 0 Å². The first-order valence-corrected chi connectivity index (χ1v) is 6.46. The second-order valence-electron chi connectivity index (χ2n) is 3.73. The van der Waals surface area contributed by atoms with Gasteiger partial charge in [0.2, 0.25) is 0 Å². The number of nitrogens with two attached hydrogens (primary N) is 1. The number of nitrogens with one attached hydrogen (secondary N) is 1. The molecule has 0 aliphatic carbocycles. The standard InChI is InChI=1S/C11H17N3OS/c1-7(6-16-3)14-11(15)10-4-9(12)5-13-8(10)2/h4-5,7H,6,12H2,1-3H3,(H,14,15). The van der Waals surface area contributed by atoms with E-state index in [9.17, 15) is 4.79 Å². The fraction of sp³-hybridized carbons (Fsp3) is 0.455. The topological polar surface area (TPSA) is 68.0 Å². The first kappa shape index (κ1) is 12.8. The van der Waals surface area contributed by atoms with Crippen molar-refractivity contribution in [3.63, 3.8) is 0 Å². The van der Waals surface area contributed by atoms with E-state index in [4.69, 9.17) is 5.73 Å². The largest absolute Gasteiger partial charge is 0.397 e. The smallest absolute Gasteiger partial charge is 0.253 e. The van der Waals surface area contributed by atoms with Crippen LogP contribution in [0.5, 0.6) is 0 Å². The highest BCUT2D eigenvalue weighted by Gasteiger charge is 2.12. The summed E-state index contributed by atoms with van der Waals surface area (Å²) in [4.78, 5) is 15.9. The van der Waals surface area contributed by atoms with E-state index in [1.807, 2.05) is 13.2 Å². The molecule has 5 heteroatoms. The monoisotopic (exact) mass is 239 g/mol. The summed E-state index contributed by atoms with van der Waals surface area (Å²) in [6.07, 6.45) is 3.56. The molecule has 0 bridgehead atoms.